The largest absolute Gasteiger partial charge is 0.481 e. The number of carbonyl (C=O) groups is 2. The van der Waals surface area contributed by atoms with Gasteiger partial charge in [0.25, 0.3) is 0 Å². The second-order valence-corrected chi connectivity index (χ2v) is 9.95. The molecule has 0 saturated heterocycles. The number of esters is 1. The molecule has 0 heterocycles. The lowest BCUT2D eigenvalue weighted by molar-refractivity contribution is -0.151. The summed E-state index contributed by atoms with van der Waals surface area (Å²) in [6.45, 7) is 4.86. The van der Waals surface area contributed by atoms with Crippen LogP contribution in [0.3, 0.4) is 0 Å². The molecule has 4 heteroatoms. The zero-order chi connectivity index (χ0) is 25.1. The van der Waals surface area contributed by atoms with Gasteiger partial charge in [0.2, 0.25) is 0 Å². The number of unbranched alkanes of at least 4 members (excludes halogenated alkanes) is 19. The fraction of sp³-hybridized carbons (Fsp3) is 0.867. The molecule has 0 aromatic rings. The van der Waals surface area contributed by atoms with E-state index in [-0.39, 0.29) is 6.42 Å². The Morgan fingerprint density at radius 2 is 1.06 bits per heavy atom. The number of hydrogen-bond acceptors (Lipinski definition) is 3. The SMILES string of the molecule is CCCCCCCCCCCCCCCCC=CC(CC(=O)O)C(=O)OCCCCCCCC. The number of ether oxygens (including phenoxy) is 1. The second-order valence-electron chi connectivity index (χ2n) is 9.95. The minimum Gasteiger partial charge on any atom is -0.481 e. The van der Waals surface area contributed by atoms with Gasteiger partial charge in [-0.05, 0) is 19.3 Å². The van der Waals surface area contributed by atoms with Crippen LogP contribution >= 0.6 is 0 Å². The fourth-order valence-corrected chi connectivity index (χ4v) is 4.30. The van der Waals surface area contributed by atoms with Gasteiger partial charge in [0.1, 0.15) is 0 Å². The molecule has 34 heavy (non-hydrogen) atoms. The van der Waals surface area contributed by atoms with Crippen LogP contribution in [0.15, 0.2) is 12.2 Å². The molecule has 0 rings (SSSR count). The minimum atomic E-state index is -0.956. The van der Waals surface area contributed by atoms with Crippen molar-refractivity contribution in [1.82, 2.24) is 0 Å². The predicted molar refractivity (Wildman–Crippen MR) is 144 cm³/mol. The van der Waals surface area contributed by atoms with Gasteiger partial charge in [-0.2, -0.15) is 0 Å². The zero-order valence-electron chi connectivity index (χ0n) is 22.7. The third kappa shape index (κ3) is 23.8. The lowest BCUT2D eigenvalue weighted by Gasteiger charge is -2.11. The third-order valence-electron chi connectivity index (χ3n) is 6.53. The Balaban J connectivity index is 3.73. The molecule has 0 saturated carbocycles. The first-order valence-electron chi connectivity index (χ1n) is 14.7. The number of rotatable bonds is 26. The van der Waals surface area contributed by atoms with E-state index < -0.39 is 17.9 Å². The highest BCUT2D eigenvalue weighted by molar-refractivity contribution is 5.80. The van der Waals surface area contributed by atoms with Gasteiger partial charge in [0.05, 0.1) is 18.9 Å². The summed E-state index contributed by atoms with van der Waals surface area (Å²) in [5, 5.41) is 9.12. The molecular formula is C30H56O4. The van der Waals surface area contributed by atoms with Gasteiger partial charge in [-0.3, -0.25) is 9.59 Å². The molecule has 0 aromatic carbocycles. The molecule has 0 bridgehead atoms. The van der Waals surface area contributed by atoms with Crippen molar-refractivity contribution in [3.8, 4) is 0 Å². The maximum Gasteiger partial charge on any atom is 0.313 e. The number of carbonyl (C=O) groups excluding carboxylic acids is 1. The summed E-state index contributed by atoms with van der Waals surface area (Å²) in [7, 11) is 0. The number of hydrogen-bond donors (Lipinski definition) is 1. The third-order valence-corrected chi connectivity index (χ3v) is 6.53. The number of carboxylic acids is 1. The van der Waals surface area contributed by atoms with Gasteiger partial charge in [0.15, 0.2) is 0 Å². The van der Waals surface area contributed by atoms with Crippen LogP contribution in [0, 0.1) is 5.92 Å². The Kier molecular flexibility index (Phi) is 25.3. The highest BCUT2D eigenvalue weighted by Gasteiger charge is 2.20. The molecule has 0 aliphatic carbocycles. The molecule has 4 nitrogen and oxygen atoms in total. The van der Waals surface area contributed by atoms with Gasteiger partial charge in [0, 0.05) is 0 Å². The van der Waals surface area contributed by atoms with E-state index in [1.807, 2.05) is 6.08 Å². The summed E-state index contributed by atoms with van der Waals surface area (Å²) >= 11 is 0. The molecule has 1 atom stereocenters. The van der Waals surface area contributed by atoms with Crippen molar-refractivity contribution in [2.24, 2.45) is 5.92 Å². The monoisotopic (exact) mass is 480 g/mol. The molecule has 1 N–H and O–H groups in total. The maximum atomic E-state index is 12.3. The summed E-state index contributed by atoms with van der Waals surface area (Å²) in [6.07, 6.45) is 30.0. The standard InChI is InChI=1S/C30H56O4/c1-3-5-7-9-11-12-13-14-15-16-17-18-19-20-21-23-25-28(27-29(31)32)30(33)34-26-24-22-10-8-6-4-2/h23,25,28H,3-22,24,26-27H2,1-2H3,(H,31,32). The predicted octanol–water partition coefficient (Wildman–Crippen LogP) is 9.41. The van der Waals surface area contributed by atoms with E-state index >= 15 is 0 Å². The van der Waals surface area contributed by atoms with Crippen LogP contribution in [0.2, 0.25) is 0 Å². The first-order valence-corrected chi connectivity index (χ1v) is 14.7. The van der Waals surface area contributed by atoms with Crippen LogP contribution in [-0.4, -0.2) is 23.7 Å². The Morgan fingerprint density at radius 1 is 0.647 bits per heavy atom. The van der Waals surface area contributed by atoms with Crippen LogP contribution < -0.4 is 0 Å². The number of allylic oxidation sites excluding steroid dienone is 1. The Bertz CT molecular complexity index is 486. The van der Waals surface area contributed by atoms with Crippen molar-refractivity contribution in [3.63, 3.8) is 0 Å². The molecule has 0 radical (unpaired) electrons. The molecule has 200 valence electrons. The molecular weight excluding hydrogens is 424 g/mol. The van der Waals surface area contributed by atoms with Crippen LogP contribution in [0.1, 0.15) is 155 Å². The lowest BCUT2D eigenvalue weighted by atomic mass is 10.0. The van der Waals surface area contributed by atoms with E-state index in [9.17, 15) is 9.59 Å². The Morgan fingerprint density at radius 3 is 1.50 bits per heavy atom. The van der Waals surface area contributed by atoms with Crippen molar-refractivity contribution < 1.29 is 19.4 Å². The Labute approximate surface area is 211 Å². The smallest absolute Gasteiger partial charge is 0.313 e. The molecule has 0 fully saturated rings. The topological polar surface area (TPSA) is 63.6 Å². The summed E-state index contributed by atoms with van der Waals surface area (Å²) in [6, 6.07) is 0. The van der Waals surface area contributed by atoms with Crippen LogP contribution in [0.25, 0.3) is 0 Å². The average Bonchev–Trinajstić information content (AvgIpc) is 2.82. The normalized spacial score (nSPS) is 12.3. The number of aliphatic carboxylic acids is 1. The number of carboxylic acid groups (broad SMARTS) is 1. The van der Waals surface area contributed by atoms with Crippen molar-refractivity contribution in [2.75, 3.05) is 6.61 Å². The summed E-state index contributed by atoms with van der Waals surface area (Å²) in [5.41, 5.74) is 0. The van der Waals surface area contributed by atoms with Gasteiger partial charge in [-0.1, -0.05) is 142 Å². The van der Waals surface area contributed by atoms with E-state index in [4.69, 9.17) is 9.84 Å². The van der Waals surface area contributed by atoms with Crippen LogP contribution in [0.5, 0.6) is 0 Å². The Hall–Kier alpha value is -1.32. The highest BCUT2D eigenvalue weighted by atomic mass is 16.5. The molecule has 0 aromatic heterocycles. The van der Waals surface area contributed by atoms with Crippen LogP contribution in [-0.2, 0) is 14.3 Å². The van der Waals surface area contributed by atoms with Crippen molar-refractivity contribution >= 4 is 11.9 Å². The highest BCUT2D eigenvalue weighted by Crippen LogP contribution is 2.15. The molecule has 0 aliphatic heterocycles. The van der Waals surface area contributed by atoms with E-state index in [0.29, 0.717) is 6.61 Å². The summed E-state index contributed by atoms with van der Waals surface area (Å²) < 4.78 is 5.34. The molecule has 0 amide bonds. The van der Waals surface area contributed by atoms with Crippen molar-refractivity contribution in [3.05, 3.63) is 12.2 Å². The fourth-order valence-electron chi connectivity index (χ4n) is 4.30. The first-order chi connectivity index (χ1) is 16.6. The van der Waals surface area contributed by atoms with Gasteiger partial charge in [-0.25, -0.2) is 0 Å². The van der Waals surface area contributed by atoms with Crippen LogP contribution in [0.4, 0.5) is 0 Å². The maximum absolute atomic E-state index is 12.3. The van der Waals surface area contributed by atoms with Gasteiger partial charge < -0.3 is 9.84 Å². The molecule has 0 aliphatic rings. The van der Waals surface area contributed by atoms with E-state index in [2.05, 4.69) is 13.8 Å². The minimum absolute atomic E-state index is 0.190. The first kappa shape index (κ1) is 32.7. The average molecular weight is 481 g/mol. The second kappa shape index (κ2) is 26.3. The lowest BCUT2D eigenvalue weighted by Crippen LogP contribution is -2.19. The van der Waals surface area contributed by atoms with Gasteiger partial charge in [-0.15, -0.1) is 0 Å². The molecule has 1 unspecified atom stereocenters. The summed E-state index contributed by atoms with van der Waals surface area (Å²) in [4.78, 5) is 23.4. The van der Waals surface area contributed by atoms with Gasteiger partial charge >= 0.3 is 11.9 Å². The van der Waals surface area contributed by atoms with E-state index in [1.165, 1.54) is 109 Å². The quantitative estimate of drug-likeness (QED) is 0.0760. The van der Waals surface area contributed by atoms with Crippen molar-refractivity contribution in [2.45, 2.75) is 155 Å². The summed E-state index contributed by atoms with van der Waals surface area (Å²) in [5.74, 6) is -2.01. The zero-order valence-corrected chi connectivity index (χ0v) is 22.7. The molecule has 0 spiro atoms. The van der Waals surface area contributed by atoms with Crippen molar-refractivity contribution in [1.29, 1.82) is 0 Å². The van der Waals surface area contributed by atoms with E-state index in [0.717, 1.165) is 25.7 Å². The van der Waals surface area contributed by atoms with E-state index in [1.54, 1.807) is 6.08 Å².